The highest BCUT2D eigenvalue weighted by atomic mass is 19.4. The molecule has 0 spiro atoms. The van der Waals surface area contributed by atoms with E-state index in [9.17, 15) is 22.8 Å². The van der Waals surface area contributed by atoms with E-state index in [4.69, 9.17) is 5.11 Å². The van der Waals surface area contributed by atoms with Gasteiger partial charge in [-0.1, -0.05) is 26.0 Å². The molecule has 1 N–H and O–H groups in total. The van der Waals surface area contributed by atoms with Crippen molar-refractivity contribution in [2.24, 2.45) is 11.8 Å². The van der Waals surface area contributed by atoms with Gasteiger partial charge in [-0.15, -0.1) is 0 Å². The Morgan fingerprint density at radius 1 is 1.25 bits per heavy atom. The number of carbonyl (C=O) groups excluding carboxylic acids is 1. The van der Waals surface area contributed by atoms with Crippen LogP contribution in [-0.2, 0) is 15.8 Å². The SMILES string of the molecule is CC(CC(=O)N1C[C@@H](C)[C@H](C(=O)O)C1)c1ccc(C(F)(F)F)cc1. The average molecular weight is 343 g/mol. The summed E-state index contributed by atoms with van der Waals surface area (Å²) in [5.41, 5.74) is -0.0687. The van der Waals surface area contributed by atoms with Crippen molar-refractivity contribution in [2.45, 2.75) is 32.4 Å². The molecule has 2 rings (SSSR count). The number of nitrogens with zero attached hydrogens (tertiary/aromatic N) is 1. The van der Waals surface area contributed by atoms with Crippen LogP contribution in [0, 0.1) is 11.8 Å². The summed E-state index contributed by atoms with van der Waals surface area (Å²) in [6, 6.07) is 4.78. The third-order valence-electron chi connectivity index (χ3n) is 4.57. The van der Waals surface area contributed by atoms with Crippen molar-refractivity contribution in [3.63, 3.8) is 0 Å². The van der Waals surface area contributed by atoms with Crippen molar-refractivity contribution in [2.75, 3.05) is 13.1 Å². The molecule has 1 unspecified atom stereocenters. The Morgan fingerprint density at radius 2 is 1.83 bits per heavy atom. The molecule has 1 fully saturated rings. The van der Waals surface area contributed by atoms with Gasteiger partial charge in [0.05, 0.1) is 11.5 Å². The first kappa shape index (κ1) is 18.3. The quantitative estimate of drug-likeness (QED) is 0.912. The van der Waals surface area contributed by atoms with Crippen molar-refractivity contribution in [1.82, 2.24) is 4.90 Å². The number of rotatable bonds is 4. The van der Waals surface area contributed by atoms with Crippen molar-refractivity contribution in [3.05, 3.63) is 35.4 Å². The Balaban J connectivity index is 1.98. The van der Waals surface area contributed by atoms with Gasteiger partial charge in [-0.2, -0.15) is 13.2 Å². The van der Waals surface area contributed by atoms with E-state index < -0.39 is 23.6 Å². The molecule has 24 heavy (non-hydrogen) atoms. The van der Waals surface area contributed by atoms with Gasteiger partial charge in [0, 0.05) is 19.5 Å². The fraction of sp³-hybridized carbons (Fsp3) is 0.529. The van der Waals surface area contributed by atoms with Crippen molar-refractivity contribution in [1.29, 1.82) is 0 Å². The van der Waals surface area contributed by atoms with Crippen LogP contribution in [0.25, 0.3) is 0 Å². The van der Waals surface area contributed by atoms with Crippen LogP contribution in [-0.4, -0.2) is 35.0 Å². The minimum absolute atomic E-state index is 0.104. The Labute approximate surface area is 138 Å². The predicted molar refractivity (Wildman–Crippen MR) is 81.3 cm³/mol. The van der Waals surface area contributed by atoms with Crippen LogP contribution >= 0.6 is 0 Å². The number of hydrogen-bond acceptors (Lipinski definition) is 2. The molecule has 1 aliphatic rings. The molecule has 7 heteroatoms. The van der Waals surface area contributed by atoms with Crippen molar-refractivity contribution >= 4 is 11.9 Å². The van der Waals surface area contributed by atoms with Gasteiger partial charge in [0.2, 0.25) is 5.91 Å². The molecule has 0 saturated carbocycles. The molecular formula is C17H20F3NO3. The number of carboxylic acids is 1. The maximum atomic E-state index is 12.6. The lowest BCUT2D eigenvalue weighted by atomic mass is 9.96. The van der Waals surface area contributed by atoms with E-state index in [0.29, 0.717) is 12.1 Å². The van der Waals surface area contributed by atoms with Gasteiger partial charge < -0.3 is 10.0 Å². The largest absolute Gasteiger partial charge is 0.481 e. The Morgan fingerprint density at radius 3 is 2.29 bits per heavy atom. The molecule has 1 aromatic rings. The number of halogens is 3. The van der Waals surface area contributed by atoms with Crippen LogP contribution in [0.1, 0.15) is 37.3 Å². The summed E-state index contributed by atoms with van der Waals surface area (Å²) in [5.74, 6) is -1.98. The second kappa shape index (κ2) is 6.83. The van der Waals surface area contributed by atoms with Gasteiger partial charge in [-0.3, -0.25) is 9.59 Å². The summed E-state index contributed by atoms with van der Waals surface area (Å²) in [5, 5.41) is 9.10. The lowest BCUT2D eigenvalue weighted by molar-refractivity contribution is -0.142. The zero-order chi connectivity index (χ0) is 18.1. The van der Waals surface area contributed by atoms with E-state index in [-0.39, 0.29) is 30.7 Å². The summed E-state index contributed by atoms with van der Waals surface area (Å²) < 4.78 is 37.7. The lowest BCUT2D eigenvalue weighted by Gasteiger charge is -2.19. The minimum Gasteiger partial charge on any atom is -0.481 e. The first-order valence-electron chi connectivity index (χ1n) is 7.77. The highest BCUT2D eigenvalue weighted by Gasteiger charge is 2.37. The second-order valence-electron chi connectivity index (χ2n) is 6.45. The highest BCUT2D eigenvalue weighted by molar-refractivity contribution is 5.79. The molecule has 0 bridgehead atoms. The van der Waals surface area contributed by atoms with Crippen LogP contribution in [0.2, 0.25) is 0 Å². The monoisotopic (exact) mass is 343 g/mol. The van der Waals surface area contributed by atoms with Gasteiger partial charge in [0.1, 0.15) is 0 Å². The molecule has 0 aliphatic carbocycles. The summed E-state index contributed by atoms with van der Waals surface area (Å²) in [7, 11) is 0. The third-order valence-corrected chi connectivity index (χ3v) is 4.57. The lowest BCUT2D eigenvalue weighted by Crippen LogP contribution is -2.30. The first-order chi connectivity index (χ1) is 11.1. The molecular weight excluding hydrogens is 323 g/mol. The maximum absolute atomic E-state index is 12.6. The normalized spacial score (nSPS) is 22.5. The summed E-state index contributed by atoms with van der Waals surface area (Å²) in [4.78, 5) is 25.0. The Kier molecular flexibility index (Phi) is 5.20. The molecule has 1 heterocycles. The molecule has 0 radical (unpaired) electrons. The zero-order valence-corrected chi connectivity index (χ0v) is 13.5. The topological polar surface area (TPSA) is 57.6 Å². The smallest absolute Gasteiger partial charge is 0.416 e. The summed E-state index contributed by atoms with van der Waals surface area (Å²) in [6.45, 7) is 4.16. The van der Waals surface area contributed by atoms with E-state index in [1.54, 1.807) is 13.8 Å². The van der Waals surface area contributed by atoms with Crippen LogP contribution < -0.4 is 0 Å². The predicted octanol–water partition coefficient (Wildman–Crippen LogP) is 3.38. The van der Waals surface area contributed by atoms with E-state index >= 15 is 0 Å². The van der Waals surface area contributed by atoms with Gasteiger partial charge in [-0.05, 0) is 29.5 Å². The molecule has 1 amide bonds. The second-order valence-corrected chi connectivity index (χ2v) is 6.45. The van der Waals surface area contributed by atoms with Gasteiger partial charge in [-0.25, -0.2) is 0 Å². The summed E-state index contributed by atoms with van der Waals surface area (Å²) in [6.07, 6.45) is -4.24. The van der Waals surface area contributed by atoms with E-state index in [2.05, 4.69) is 0 Å². The number of amides is 1. The third kappa shape index (κ3) is 4.07. The zero-order valence-electron chi connectivity index (χ0n) is 13.5. The number of hydrogen-bond donors (Lipinski definition) is 1. The van der Waals surface area contributed by atoms with Crippen LogP contribution in [0.3, 0.4) is 0 Å². The average Bonchev–Trinajstić information content (AvgIpc) is 2.88. The maximum Gasteiger partial charge on any atom is 0.416 e. The van der Waals surface area contributed by atoms with Crippen LogP contribution in [0.15, 0.2) is 24.3 Å². The van der Waals surface area contributed by atoms with Gasteiger partial charge in [0.15, 0.2) is 0 Å². The first-order valence-corrected chi connectivity index (χ1v) is 7.77. The fourth-order valence-electron chi connectivity index (χ4n) is 3.00. The standard InChI is InChI=1S/C17H20F3NO3/c1-10(12-3-5-13(6-4-12)17(18,19)20)7-15(22)21-8-11(2)14(9-21)16(23)24/h3-6,10-11,14H,7-9H2,1-2H3,(H,23,24)/t10?,11-,14-/m1/s1. The molecule has 1 aromatic carbocycles. The number of carboxylic acid groups (broad SMARTS) is 1. The van der Waals surface area contributed by atoms with Gasteiger partial charge in [0.25, 0.3) is 0 Å². The van der Waals surface area contributed by atoms with Crippen LogP contribution in [0.5, 0.6) is 0 Å². The molecule has 1 aliphatic heterocycles. The number of aliphatic carboxylic acids is 1. The summed E-state index contributed by atoms with van der Waals surface area (Å²) >= 11 is 0. The van der Waals surface area contributed by atoms with E-state index in [1.807, 2.05) is 0 Å². The minimum atomic E-state index is -4.38. The number of carbonyl (C=O) groups is 2. The van der Waals surface area contributed by atoms with Crippen molar-refractivity contribution in [3.8, 4) is 0 Å². The molecule has 132 valence electrons. The number of likely N-dealkylation sites (tertiary alicyclic amines) is 1. The molecule has 3 atom stereocenters. The molecule has 0 aromatic heterocycles. The highest BCUT2D eigenvalue weighted by Crippen LogP contribution is 2.31. The Bertz CT molecular complexity index is 613. The van der Waals surface area contributed by atoms with Crippen molar-refractivity contribution < 1.29 is 27.9 Å². The van der Waals surface area contributed by atoms with Gasteiger partial charge >= 0.3 is 12.1 Å². The van der Waals surface area contributed by atoms with E-state index in [1.165, 1.54) is 17.0 Å². The van der Waals surface area contributed by atoms with Crippen LogP contribution in [0.4, 0.5) is 13.2 Å². The molecule has 4 nitrogen and oxygen atoms in total. The Hall–Kier alpha value is -2.05. The van der Waals surface area contributed by atoms with E-state index in [0.717, 1.165) is 12.1 Å². The molecule has 1 saturated heterocycles. The number of alkyl halides is 3. The number of benzene rings is 1. The fourth-order valence-corrected chi connectivity index (χ4v) is 3.00.